The van der Waals surface area contributed by atoms with Crippen LogP contribution in [-0.4, -0.2) is 30.0 Å². The summed E-state index contributed by atoms with van der Waals surface area (Å²) in [6, 6.07) is 15.0. The van der Waals surface area contributed by atoms with E-state index in [2.05, 4.69) is 66.4 Å². The van der Waals surface area contributed by atoms with Crippen LogP contribution in [0.1, 0.15) is 29.8 Å². The van der Waals surface area contributed by atoms with E-state index in [0.29, 0.717) is 6.04 Å². The van der Waals surface area contributed by atoms with Crippen LogP contribution in [0.3, 0.4) is 0 Å². The van der Waals surface area contributed by atoms with Gasteiger partial charge in [0.25, 0.3) is 0 Å². The summed E-state index contributed by atoms with van der Waals surface area (Å²) in [7, 11) is 2.15. The third-order valence-corrected chi connectivity index (χ3v) is 3.67. The van der Waals surface area contributed by atoms with Crippen LogP contribution in [0.4, 0.5) is 0 Å². The molecule has 2 rings (SSSR count). The predicted octanol–water partition coefficient (Wildman–Crippen LogP) is 3.17. The van der Waals surface area contributed by atoms with Crippen molar-refractivity contribution in [1.82, 2.24) is 15.2 Å². The molecular formula is C18H25N3. The summed E-state index contributed by atoms with van der Waals surface area (Å²) in [6.07, 6.45) is 1.85. The number of aromatic nitrogens is 1. The number of rotatable bonds is 7. The molecule has 1 heterocycles. The molecule has 0 aliphatic rings. The fourth-order valence-electron chi connectivity index (χ4n) is 2.64. The minimum Gasteiger partial charge on any atom is -0.309 e. The zero-order valence-corrected chi connectivity index (χ0v) is 13.2. The topological polar surface area (TPSA) is 28.2 Å². The highest BCUT2D eigenvalue weighted by Crippen LogP contribution is 2.18. The van der Waals surface area contributed by atoms with Gasteiger partial charge in [0.2, 0.25) is 0 Å². The molecule has 0 radical (unpaired) electrons. The van der Waals surface area contributed by atoms with Gasteiger partial charge in [0.15, 0.2) is 0 Å². The molecule has 1 N–H and O–H groups in total. The Bertz CT molecular complexity index is 539. The summed E-state index contributed by atoms with van der Waals surface area (Å²) in [4.78, 5) is 6.72. The van der Waals surface area contributed by atoms with E-state index in [9.17, 15) is 0 Å². The number of nitrogens with zero attached hydrogens (tertiary/aromatic N) is 2. The molecule has 0 aliphatic carbocycles. The van der Waals surface area contributed by atoms with Crippen molar-refractivity contribution in [1.29, 1.82) is 0 Å². The van der Waals surface area contributed by atoms with Gasteiger partial charge in [-0.2, -0.15) is 0 Å². The summed E-state index contributed by atoms with van der Waals surface area (Å²) in [5.41, 5.74) is 3.84. The number of benzene rings is 1. The highest BCUT2D eigenvalue weighted by atomic mass is 15.1. The van der Waals surface area contributed by atoms with Gasteiger partial charge in [-0.05, 0) is 43.8 Å². The maximum atomic E-state index is 4.40. The Morgan fingerprint density at radius 2 is 1.90 bits per heavy atom. The summed E-state index contributed by atoms with van der Waals surface area (Å²) >= 11 is 0. The molecule has 2 aromatic rings. The Morgan fingerprint density at radius 1 is 1.14 bits per heavy atom. The molecule has 1 aromatic heterocycles. The van der Waals surface area contributed by atoms with E-state index < -0.39 is 0 Å². The maximum Gasteiger partial charge on any atom is 0.0543 e. The second kappa shape index (κ2) is 7.91. The van der Waals surface area contributed by atoms with Gasteiger partial charge in [0, 0.05) is 25.3 Å². The average Bonchev–Trinajstić information content (AvgIpc) is 2.48. The molecule has 1 atom stereocenters. The van der Waals surface area contributed by atoms with Crippen molar-refractivity contribution >= 4 is 0 Å². The van der Waals surface area contributed by atoms with Crippen LogP contribution in [0.5, 0.6) is 0 Å². The summed E-state index contributed by atoms with van der Waals surface area (Å²) in [6.45, 7) is 7.14. The lowest BCUT2D eigenvalue weighted by Crippen LogP contribution is -2.33. The molecule has 0 aliphatic heterocycles. The van der Waals surface area contributed by atoms with Crippen molar-refractivity contribution < 1.29 is 0 Å². The molecular weight excluding hydrogens is 258 g/mol. The Balaban J connectivity index is 2.04. The molecule has 21 heavy (non-hydrogen) atoms. The largest absolute Gasteiger partial charge is 0.309 e. The van der Waals surface area contributed by atoms with Crippen LogP contribution in [-0.2, 0) is 6.54 Å². The lowest BCUT2D eigenvalue weighted by Gasteiger charge is -2.26. The number of nitrogens with one attached hydrogen (secondary N) is 1. The van der Waals surface area contributed by atoms with E-state index in [-0.39, 0.29) is 0 Å². The van der Waals surface area contributed by atoms with Gasteiger partial charge in [-0.15, -0.1) is 0 Å². The standard InChI is InChI=1S/C18H25N3/c1-4-19-18(17-11-6-5-9-15(17)2)14-21(3)13-16-10-7-8-12-20-16/h5-12,18-19H,4,13-14H2,1-3H3. The second-order valence-electron chi connectivity index (χ2n) is 5.48. The summed E-state index contributed by atoms with van der Waals surface area (Å²) < 4.78 is 0. The average molecular weight is 283 g/mol. The fourth-order valence-corrected chi connectivity index (χ4v) is 2.64. The predicted molar refractivity (Wildman–Crippen MR) is 88.2 cm³/mol. The quantitative estimate of drug-likeness (QED) is 0.846. The van der Waals surface area contributed by atoms with Crippen molar-refractivity contribution in [3.8, 4) is 0 Å². The smallest absolute Gasteiger partial charge is 0.0543 e. The number of hydrogen-bond donors (Lipinski definition) is 1. The third kappa shape index (κ3) is 4.66. The minimum absolute atomic E-state index is 0.352. The van der Waals surface area contributed by atoms with Crippen molar-refractivity contribution in [3.05, 3.63) is 65.5 Å². The first-order valence-electron chi connectivity index (χ1n) is 7.58. The van der Waals surface area contributed by atoms with Gasteiger partial charge < -0.3 is 5.32 Å². The van der Waals surface area contributed by atoms with Gasteiger partial charge >= 0.3 is 0 Å². The molecule has 3 heteroatoms. The Hall–Kier alpha value is -1.71. The zero-order chi connectivity index (χ0) is 15.1. The fraction of sp³-hybridized carbons (Fsp3) is 0.389. The van der Waals surface area contributed by atoms with Gasteiger partial charge in [-0.25, -0.2) is 0 Å². The molecule has 0 amide bonds. The first-order valence-corrected chi connectivity index (χ1v) is 7.58. The Morgan fingerprint density at radius 3 is 2.57 bits per heavy atom. The van der Waals surface area contributed by atoms with E-state index in [0.717, 1.165) is 25.3 Å². The minimum atomic E-state index is 0.352. The van der Waals surface area contributed by atoms with Crippen LogP contribution in [0.2, 0.25) is 0 Å². The van der Waals surface area contributed by atoms with Crippen LogP contribution >= 0.6 is 0 Å². The molecule has 0 fully saturated rings. The number of hydrogen-bond acceptors (Lipinski definition) is 3. The molecule has 0 spiro atoms. The lowest BCUT2D eigenvalue weighted by molar-refractivity contribution is 0.282. The van der Waals surface area contributed by atoms with Gasteiger partial charge in [0.05, 0.1) is 5.69 Å². The first kappa shape index (κ1) is 15.7. The normalized spacial score (nSPS) is 12.6. The lowest BCUT2D eigenvalue weighted by atomic mass is 10.0. The van der Waals surface area contributed by atoms with E-state index >= 15 is 0 Å². The second-order valence-corrected chi connectivity index (χ2v) is 5.48. The van der Waals surface area contributed by atoms with Gasteiger partial charge in [-0.1, -0.05) is 37.3 Å². The number of pyridine rings is 1. The van der Waals surface area contributed by atoms with E-state index in [1.165, 1.54) is 11.1 Å². The SMILES string of the molecule is CCNC(CN(C)Cc1ccccn1)c1ccccc1C. The summed E-state index contributed by atoms with van der Waals surface area (Å²) in [5, 5.41) is 3.59. The van der Waals surface area contributed by atoms with Crippen molar-refractivity contribution in [3.63, 3.8) is 0 Å². The monoisotopic (exact) mass is 283 g/mol. The van der Waals surface area contributed by atoms with Crippen LogP contribution in [0.25, 0.3) is 0 Å². The van der Waals surface area contributed by atoms with Crippen molar-refractivity contribution in [2.45, 2.75) is 26.4 Å². The molecule has 0 saturated carbocycles. The third-order valence-electron chi connectivity index (χ3n) is 3.67. The zero-order valence-electron chi connectivity index (χ0n) is 13.2. The first-order chi connectivity index (χ1) is 10.2. The molecule has 112 valence electrons. The number of aryl methyl sites for hydroxylation is 1. The van der Waals surface area contributed by atoms with Crippen LogP contribution in [0.15, 0.2) is 48.7 Å². The van der Waals surface area contributed by atoms with Gasteiger partial charge in [0.1, 0.15) is 0 Å². The number of likely N-dealkylation sites (N-methyl/N-ethyl adjacent to an activating group) is 2. The van der Waals surface area contributed by atoms with E-state index in [1.54, 1.807) is 0 Å². The van der Waals surface area contributed by atoms with Gasteiger partial charge in [-0.3, -0.25) is 9.88 Å². The van der Waals surface area contributed by atoms with E-state index in [1.807, 2.05) is 18.3 Å². The van der Waals surface area contributed by atoms with Crippen LogP contribution < -0.4 is 5.32 Å². The highest BCUT2D eigenvalue weighted by Gasteiger charge is 2.15. The Labute approximate surface area is 128 Å². The highest BCUT2D eigenvalue weighted by molar-refractivity contribution is 5.29. The van der Waals surface area contributed by atoms with E-state index in [4.69, 9.17) is 0 Å². The van der Waals surface area contributed by atoms with Crippen molar-refractivity contribution in [2.24, 2.45) is 0 Å². The molecule has 0 saturated heterocycles. The molecule has 0 bridgehead atoms. The molecule has 1 unspecified atom stereocenters. The Kier molecular flexibility index (Phi) is 5.90. The van der Waals surface area contributed by atoms with Crippen LogP contribution in [0, 0.1) is 6.92 Å². The molecule has 1 aromatic carbocycles. The summed E-state index contributed by atoms with van der Waals surface area (Å²) in [5.74, 6) is 0. The molecule has 3 nitrogen and oxygen atoms in total. The maximum absolute atomic E-state index is 4.40. The van der Waals surface area contributed by atoms with Crippen molar-refractivity contribution in [2.75, 3.05) is 20.1 Å².